The smallest absolute Gasteiger partial charge is 0.267 e. The van der Waals surface area contributed by atoms with Crippen LogP contribution in [0.5, 0.6) is 11.6 Å². The van der Waals surface area contributed by atoms with Crippen molar-refractivity contribution < 1.29 is 14.3 Å². The predicted octanol–water partition coefficient (Wildman–Crippen LogP) is 2.10. The normalized spacial score (nSPS) is 14.0. The van der Waals surface area contributed by atoms with Crippen LogP contribution in [0, 0.1) is 0 Å². The van der Waals surface area contributed by atoms with Gasteiger partial charge in [0.25, 0.3) is 5.91 Å². The molecule has 7 nitrogen and oxygen atoms in total. The summed E-state index contributed by atoms with van der Waals surface area (Å²) in [5, 5.41) is 8.01. The zero-order valence-electron chi connectivity index (χ0n) is 13.8. The van der Waals surface area contributed by atoms with Crippen LogP contribution in [0.1, 0.15) is 18.4 Å². The molecule has 0 bridgehead atoms. The number of aromatic nitrogens is 1. The minimum atomic E-state index is -0.276. The molecule has 0 fully saturated rings. The van der Waals surface area contributed by atoms with Crippen molar-refractivity contribution in [1.82, 2.24) is 15.3 Å². The highest BCUT2D eigenvalue weighted by Gasteiger charge is 2.21. The topological polar surface area (TPSA) is 83.9 Å². The molecule has 3 rings (SSSR count). The number of pyridine rings is 1. The van der Waals surface area contributed by atoms with Crippen LogP contribution in [0.15, 0.2) is 53.8 Å². The number of benzene rings is 1. The summed E-state index contributed by atoms with van der Waals surface area (Å²) in [6.45, 7) is 0.323. The van der Waals surface area contributed by atoms with Crippen molar-refractivity contribution in [1.29, 1.82) is 0 Å². The Kier molecular flexibility index (Phi) is 5.03. The second kappa shape index (κ2) is 7.57. The Morgan fingerprint density at radius 3 is 2.80 bits per heavy atom. The van der Waals surface area contributed by atoms with Gasteiger partial charge in [-0.15, -0.1) is 0 Å². The second-order valence-electron chi connectivity index (χ2n) is 5.56. The minimum Gasteiger partial charge on any atom is -0.439 e. The molecule has 1 aliphatic heterocycles. The first-order valence-corrected chi connectivity index (χ1v) is 7.92. The number of hydrazone groups is 1. The number of carbonyl (C=O) groups excluding carboxylic acids is 2. The number of ether oxygens (including phenoxy) is 1. The average Bonchev–Trinajstić information content (AvgIpc) is 2.63. The number of nitrogens with zero attached hydrogens (tertiary/aromatic N) is 3. The molecule has 1 N–H and O–H groups in total. The fraction of sp³-hybridized carbons (Fsp3) is 0.222. The van der Waals surface area contributed by atoms with Crippen molar-refractivity contribution in [2.45, 2.75) is 19.4 Å². The molecular formula is C18H18N4O3. The maximum atomic E-state index is 12.2. The van der Waals surface area contributed by atoms with Gasteiger partial charge < -0.3 is 10.1 Å². The second-order valence-corrected chi connectivity index (χ2v) is 5.56. The highest BCUT2D eigenvalue weighted by Crippen LogP contribution is 2.19. The SMILES string of the molecule is CN1N=C(C(=O)NCc2ccnc(Oc3ccccc3)c2)CCC1=O. The molecule has 128 valence electrons. The molecule has 2 amide bonds. The Morgan fingerprint density at radius 2 is 2.04 bits per heavy atom. The van der Waals surface area contributed by atoms with Crippen LogP contribution < -0.4 is 10.1 Å². The Bertz CT molecular complexity index is 805. The van der Waals surface area contributed by atoms with E-state index in [-0.39, 0.29) is 11.8 Å². The van der Waals surface area contributed by atoms with Crippen molar-refractivity contribution >= 4 is 17.5 Å². The number of amides is 2. The third-order valence-electron chi connectivity index (χ3n) is 3.69. The number of hydrogen-bond donors (Lipinski definition) is 1. The van der Waals surface area contributed by atoms with Gasteiger partial charge in [0.15, 0.2) is 0 Å². The van der Waals surface area contributed by atoms with Gasteiger partial charge in [-0.3, -0.25) is 9.59 Å². The molecular weight excluding hydrogens is 320 g/mol. The van der Waals surface area contributed by atoms with E-state index in [4.69, 9.17) is 4.74 Å². The molecule has 1 aliphatic rings. The molecule has 0 atom stereocenters. The van der Waals surface area contributed by atoms with Crippen LogP contribution in [0.4, 0.5) is 0 Å². The summed E-state index contributed by atoms with van der Waals surface area (Å²) in [6.07, 6.45) is 2.28. The Hall–Kier alpha value is -3.22. The number of hydrogen-bond acceptors (Lipinski definition) is 5. The summed E-state index contributed by atoms with van der Waals surface area (Å²) in [7, 11) is 1.55. The zero-order chi connectivity index (χ0) is 17.6. The highest BCUT2D eigenvalue weighted by molar-refractivity contribution is 6.39. The Labute approximate surface area is 145 Å². The van der Waals surface area contributed by atoms with Crippen molar-refractivity contribution in [3.8, 4) is 11.6 Å². The Balaban J connectivity index is 1.60. The summed E-state index contributed by atoms with van der Waals surface area (Å²) in [5.74, 6) is 0.786. The maximum absolute atomic E-state index is 12.2. The standard InChI is InChI=1S/C18H18N4O3/c1-22-17(23)8-7-15(21-22)18(24)20-12-13-9-10-19-16(11-13)25-14-5-3-2-4-6-14/h2-6,9-11H,7-8,12H2,1H3,(H,20,24). The summed E-state index contributed by atoms with van der Waals surface area (Å²) >= 11 is 0. The van der Waals surface area contributed by atoms with E-state index in [1.807, 2.05) is 30.3 Å². The van der Waals surface area contributed by atoms with Gasteiger partial charge in [0, 0.05) is 38.7 Å². The van der Waals surface area contributed by atoms with Gasteiger partial charge in [-0.1, -0.05) is 18.2 Å². The molecule has 1 aromatic carbocycles. The number of rotatable bonds is 5. The van der Waals surface area contributed by atoms with E-state index in [0.717, 1.165) is 5.56 Å². The van der Waals surface area contributed by atoms with Crippen molar-refractivity contribution in [3.05, 3.63) is 54.2 Å². The van der Waals surface area contributed by atoms with Crippen molar-refractivity contribution in [2.75, 3.05) is 7.05 Å². The average molecular weight is 338 g/mol. The lowest BCUT2D eigenvalue weighted by Crippen LogP contribution is -2.37. The first-order valence-electron chi connectivity index (χ1n) is 7.92. The molecule has 2 heterocycles. The summed E-state index contributed by atoms with van der Waals surface area (Å²) < 4.78 is 5.68. The monoisotopic (exact) mass is 338 g/mol. The predicted molar refractivity (Wildman–Crippen MR) is 92.0 cm³/mol. The minimum absolute atomic E-state index is 0.0895. The fourth-order valence-electron chi connectivity index (χ4n) is 2.34. The van der Waals surface area contributed by atoms with Crippen LogP contribution in [-0.2, 0) is 16.1 Å². The molecule has 25 heavy (non-hydrogen) atoms. The summed E-state index contributed by atoms with van der Waals surface area (Å²) in [5.41, 5.74) is 1.21. The molecule has 0 saturated heterocycles. The van der Waals surface area contributed by atoms with E-state index in [9.17, 15) is 9.59 Å². The van der Waals surface area contributed by atoms with Gasteiger partial charge in [-0.2, -0.15) is 5.10 Å². The largest absolute Gasteiger partial charge is 0.439 e. The molecule has 1 aromatic heterocycles. The number of para-hydroxylation sites is 1. The van der Waals surface area contributed by atoms with Crippen molar-refractivity contribution in [3.63, 3.8) is 0 Å². The van der Waals surface area contributed by atoms with Crippen LogP contribution in [-0.4, -0.2) is 34.6 Å². The third kappa shape index (κ3) is 4.41. The third-order valence-corrected chi connectivity index (χ3v) is 3.69. The van der Waals surface area contributed by atoms with Crippen molar-refractivity contribution in [2.24, 2.45) is 5.10 Å². The Morgan fingerprint density at radius 1 is 1.24 bits per heavy atom. The lowest BCUT2D eigenvalue weighted by atomic mass is 10.1. The molecule has 7 heteroatoms. The molecule has 0 unspecified atom stereocenters. The molecule has 2 aromatic rings. The zero-order valence-corrected chi connectivity index (χ0v) is 13.8. The van der Waals surface area contributed by atoms with E-state index < -0.39 is 0 Å². The number of nitrogens with one attached hydrogen (secondary N) is 1. The molecule has 0 spiro atoms. The van der Waals surface area contributed by atoms with E-state index >= 15 is 0 Å². The van der Waals surface area contributed by atoms with Gasteiger partial charge >= 0.3 is 0 Å². The lowest BCUT2D eigenvalue weighted by molar-refractivity contribution is -0.130. The van der Waals surface area contributed by atoms with E-state index in [0.29, 0.717) is 36.7 Å². The maximum Gasteiger partial charge on any atom is 0.267 e. The molecule has 0 aliphatic carbocycles. The van der Waals surface area contributed by atoms with E-state index in [2.05, 4.69) is 15.4 Å². The van der Waals surface area contributed by atoms with E-state index in [1.165, 1.54) is 5.01 Å². The fourth-order valence-corrected chi connectivity index (χ4v) is 2.34. The van der Waals surface area contributed by atoms with Gasteiger partial charge in [0.2, 0.25) is 11.8 Å². The molecule has 0 radical (unpaired) electrons. The first kappa shape index (κ1) is 16.6. The quantitative estimate of drug-likeness (QED) is 0.905. The lowest BCUT2D eigenvalue weighted by Gasteiger charge is -2.18. The van der Waals surface area contributed by atoms with Gasteiger partial charge in [0.05, 0.1) is 0 Å². The highest BCUT2D eigenvalue weighted by atomic mass is 16.5. The van der Waals surface area contributed by atoms with E-state index in [1.54, 1.807) is 25.4 Å². The van der Waals surface area contributed by atoms with Crippen LogP contribution in [0.2, 0.25) is 0 Å². The van der Waals surface area contributed by atoms with Crippen LogP contribution in [0.3, 0.4) is 0 Å². The first-order chi connectivity index (χ1) is 12.1. The summed E-state index contributed by atoms with van der Waals surface area (Å²) in [6, 6.07) is 12.9. The summed E-state index contributed by atoms with van der Waals surface area (Å²) in [4.78, 5) is 27.7. The van der Waals surface area contributed by atoms with Gasteiger partial charge in [-0.05, 0) is 23.8 Å². The van der Waals surface area contributed by atoms with Crippen LogP contribution in [0.25, 0.3) is 0 Å². The van der Waals surface area contributed by atoms with Gasteiger partial charge in [-0.25, -0.2) is 9.99 Å². The number of carbonyl (C=O) groups is 2. The molecule has 0 saturated carbocycles. The van der Waals surface area contributed by atoms with Gasteiger partial charge in [0.1, 0.15) is 11.5 Å². The van der Waals surface area contributed by atoms with Crippen LogP contribution >= 0.6 is 0 Å².